The maximum Gasteiger partial charge on any atom is 0.198 e. The van der Waals surface area contributed by atoms with Crippen LogP contribution < -0.4 is 0 Å². The van der Waals surface area contributed by atoms with E-state index < -0.39 is 0 Å². The van der Waals surface area contributed by atoms with Crippen molar-refractivity contribution >= 4 is 11.8 Å². The SMILES string of the molecule is C/C=C/c1ccc(C2OC(c3ccccc3)=CN2C)cc1. The van der Waals surface area contributed by atoms with Crippen LogP contribution in [0.1, 0.15) is 29.8 Å². The highest BCUT2D eigenvalue weighted by molar-refractivity contribution is 5.61. The Labute approximate surface area is 126 Å². The molecule has 0 radical (unpaired) electrons. The first-order valence-corrected chi connectivity index (χ1v) is 7.16. The molecule has 0 amide bonds. The average Bonchev–Trinajstić information content (AvgIpc) is 2.91. The zero-order valence-corrected chi connectivity index (χ0v) is 12.4. The van der Waals surface area contributed by atoms with E-state index >= 15 is 0 Å². The van der Waals surface area contributed by atoms with Gasteiger partial charge in [0, 0.05) is 24.4 Å². The van der Waals surface area contributed by atoms with E-state index in [1.165, 1.54) is 5.56 Å². The van der Waals surface area contributed by atoms with Gasteiger partial charge in [0.1, 0.15) is 5.76 Å². The molecular formula is C19H19NO. The molecule has 1 aliphatic heterocycles. The molecule has 0 bridgehead atoms. The van der Waals surface area contributed by atoms with Crippen LogP contribution >= 0.6 is 0 Å². The fourth-order valence-electron chi connectivity index (χ4n) is 2.50. The molecule has 2 nitrogen and oxygen atoms in total. The largest absolute Gasteiger partial charge is 0.464 e. The number of allylic oxidation sites excluding steroid dienone is 1. The maximum absolute atomic E-state index is 6.11. The highest BCUT2D eigenvalue weighted by Gasteiger charge is 2.25. The van der Waals surface area contributed by atoms with E-state index in [1.807, 2.05) is 38.2 Å². The predicted molar refractivity (Wildman–Crippen MR) is 87.2 cm³/mol. The first kappa shape index (κ1) is 13.5. The Morgan fingerprint density at radius 3 is 2.38 bits per heavy atom. The van der Waals surface area contributed by atoms with Crippen LogP contribution in [0.15, 0.2) is 66.9 Å². The van der Waals surface area contributed by atoms with Gasteiger partial charge in [0.05, 0.1) is 0 Å². The Kier molecular flexibility index (Phi) is 3.78. The van der Waals surface area contributed by atoms with E-state index in [0.29, 0.717) is 0 Å². The summed E-state index contributed by atoms with van der Waals surface area (Å²) in [7, 11) is 2.04. The van der Waals surface area contributed by atoms with Gasteiger partial charge in [-0.2, -0.15) is 0 Å². The average molecular weight is 277 g/mol. The van der Waals surface area contributed by atoms with Crippen molar-refractivity contribution in [3.05, 3.63) is 83.6 Å². The third-order valence-corrected chi connectivity index (χ3v) is 3.57. The summed E-state index contributed by atoms with van der Waals surface area (Å²) in [4.78, 5) is 2.10. The number of hydrogen-bond donors (Lipinski definition) is 0. The molecule has 1 aliphatic rings. The Morgan fingerprint density at radius 2 is 1.71 bits per heavy atom. The molecule has 21 heavy (non-hydrogen) atoms. The minimum Gasteiger partial charge on any atom is -0.464 e. The van der Waals surface area contributed by atoms with E-state index in [1.54, 1.807) is 0 Å². The number of rotatable bonds is 3. The molecule has 0 fully saturated rings. The molecule has 2 aromatic rings. The van der Waals surface area contributed by atoms with Crippen molar-refractivity contribution in [2.75, 3.05) is 7.05 Å². The fourth-order valence-corrected chi connectivity index (χ4v) is 2.50. The quantitative estimate of drug-likeness (QED) is 0.807. The third kappa shape index (κ3) is 2.84. The van der Waals surface area contributed by atoms with Crippen molar-refractivity contribution in [3.8, 4) is 0 Å². The maximum atomic E-state index is 6.11. The molecule has 3 rings (SSSR count). The van der Waals surface area contributed by atoms with Crippen LogP contribution in [0.5, 0.6) is 0 Å². The van der Waals surface area contributed by atoms with Gasteiger partial charge in [0.2, 0.25) is 0 Å². The standard InChI is InChI=1S/C19H19NO/c1-3-7-15-10-12-17(13-11-15)19-20(2)14-18(21-19)16-8-5-4-6-9-16/h3-14,19H,1-2H3/b7-3+. The van der Waals surface area contributed by atoms with Gasteiger partial charge in [-0.3, -0.25) is 0 Å². The minimum absolute atomic E-state index is 0.0557. The number of hydrogen-bond acceptors (Lipinski definition) is 2. The zero-order chi connectivity index (χ0) is 14.7. The van der Waals surface area contributed by atoms with Gasteiger partial charge in [0.25, 0.3) is 0 Å². The number of benzene rings is 2. The Hall–Kier alpha value is -2.48. The zero-order valence-electron chi connectivity index (χ0n) is 12.4. The fraction of sp³-hybridized carbons (Fsp3) is 0.158. The third-order valence-electron chi connectivity index (χ3n) is 3.57. The van der Waals surface area contributed by atoms with Crippen LogP contribution in [0.3, 0.4) is 0 Å². The van der Waals surface area contributed by atoms with Gasteiger partial charge in [-0.15, -0.1) is 0 Å². The highest BCUT2D eigenvalue weighted by atomic mass is 16.5. The number of ether oxygens (including phenoxy) is 1. The van der Waals surface area contributed by atoms with Gasteiger partial charge in [-0.05, 0) is 12.5 Å². The lowest BCUT2D eigenvalue weighted by Crippen LogP contribution is -2.15. The molecule has 2 heteroatoms. The molecule has 0 spiro atoms. The van der Waals surface area contributed by atoms with E-state index in [0.717, 1.165) is 16.9 Å². The first-order valence-electron chi connectivity index (χ1n) is 7.16. The van der Waals surface area contributed by atoms with Crippen LogP contribution in [0.25, 0.3) is 11.8 Å². The summed E-state index contributed by atoms with van der Waals surface area (Å²) in [6.07, 6.45) is 6.14. The van der Waals surface area contributed by atoms with E-state index in [-0.39, 0.29) is 6.23 Å². The lowest BCUT2D eigenvalue weighted by molar-refractivity contribution is 0.0856. The van der Waals surface area contributed by atoms with Crippen molar-refractivity contribution in [1.29, 1.82) is 0 Å². The molecule has 0 N–H and O–H groups in total. The number of nitrogens with zero attached hydrogens (tertiary/aromatic N) is 1. The van der Waals surface area contributed by atoms with Gasteiger partial charge in [-0.25, -0.2) is 0 Å². The van der Waals surface area contributed by atoms with Gasteiger partial charge < -0.3 is 9.64 Å². The summed E-state index contributed by atoms with van der Waals surface area (Å²) in [6, 6.07) is 18.7. The minimum atomic E-state index is -0.0557. The lowest BCUT2D eigenvalue weighted by Gasteiger charge is -2.20. The molecule has 0 aliphatic carbocycles. The van der Waals surface area contributed by atoms with Crippen LogP contribution in [0.2, 0.25) is 0 Å². The Balaban J connectivity index is 1.80. The molecule has 0 aromatic heterocycles. The summed E-state index contributed by atoms with van der Waals surface area (Å²) >= 11 is 0. The highest BCUT2D eigenvalue weighted by Crippen LogP contribution is 2.34. The monoisotopic (exact) mass is 277 g/mol. The van der Waals surface area contributed by atoms with Crippen LogP contribution in [-0.2, 0) is 4.74 Å². The summed E-state index contributed by atoms with van der Waals surface area (Å²) in [5.41, 5.74) is 3.48. The lowest BCUT2D eigenvalue weighted by atomic mass is 10.1. The van der Waals surface area contributed by atoms with E-state index in [9.17, 15) is 0 Å². The van der Waals surface area contributed by atoms with Gasteiger partial charge in [0.15, 0.2) is 6.23 Å². The van der Waals surface area contributed by atoms with E-state index in [4.69, 9.17) is 4.74 Å². The summed E-state index contributed by atoms with van der Waals surface area (Å²) < 4.78 is 6.11. The van der Waals surface area contributed by atoms with Crippen LogP contribution in [0.4, 0.5) is 0 Å². The van der Waals surface area contributed by atoms with Crippen molar-refractivity contribution in [1.82, 2.24) is 4.90 Å². The van der Waals surface area contributed by atoms with Crippen LogP contribution in [0, 0.1) is 0 Å². The molecule has 1 atom stereocenters. The molecule has 0 saturated carbocycles. The van der Waals surface area contributed by atoms with E-state index in [2.05, 4.69) is 53.6 Å². The van der Waals surface area contributed by atoms with Crippen LogP contribution in [-0.4, -0.2) is 11.9 Å². The van der Waals surface area contributed by atoms with Crippen molar-refractivity contribution in [3.63, 3.8) is 0 Å². The summed E-state index contributed by atoms with van der Waals surface area (Å²) in [5, 5.41) is 0. The summed E-state index contributed by atoms with van der Waals surface area (Å²) in [6.45, 7) is 2.03. The molecule has 2 aromatic carbocycles. The smallest absolute Gasteiger partial charge is 0.198 e. The molecule has 1 heterocycles. The Bertz CT molecular complexity index is 656. The first-order chi connectivity index (χ1) is 10.3. The molecule has 106 valence electrons. The normalized spacial score (nSPS) is 17.9. The predicted octanol–water partition coefficient (Wildman–Crippen LogP) is 4.68. The Morgan fingerprint density at radius 1 is 1.00 bits per heavy atom. The van der Waals surface area contributed by atoms with Crippen molar-refractivity contribution < 1.29 is 4.74 Å². The molecule has 0 saturated heterocycles. The second-order valence-corrected chi connectivity index (χ2v) is 5.16. The summed E-state index contributed by atoms with van der Waals surface area (Å²) in [5.74, 6) is 0.917. The van der Waals surface area contributed by atoms with Gasteiger partial charge >= 0.3 is 0 Å². The van der Waals surface area contributed by atoms with Crippen molar-refractivity contribution in [2.24, 2.45) is 0 Å². The topological polar surface area (TPSA) is 12.5 Å². The second-order valence-electron chi connectivity index (χ2n) is 5.16. The second kappa shape index (κ2) is 5.88. The van der Waals surface area contributed by atoms with Crippen molar-refractivity contribution in [2.45, 2.75) is 13.2 Å². The van der Waals surface area contributed by atoms with Gasteiger partial charge in [-0.1, -0.05) is 66.7 Å². The molecule has 1 unspecified atom stereocenters. The molecular weight excluding hydrogens is 258 g/mol.